The van der Waals surface area contributed by atoms with Crippen LogP contribution in [0.15, 0.2) is 30.3 Å². The van der Waals surface area contributed by atoms with Crippen LogP contribution in [0.2, 0.25) is 0 Å². The molecule has 0 spiro atoms. The van der Waals surface area contributed by atoms with Crippen LogP contribution in [0, 0.1) is 0 Å². The molecule has 0 amide bonds. The zero-order valence-corrected chi connectivity index (χ0v) is 8.75. The summed E-state index contributed by atoms with van der Waals surface area (Å²) in [5.41, 5.74) is 1.36. The molecule has 13 heavy (non-hydrogen) atoms. The van der Waals surface area contributed by atoms with Crippen molar-refractivity contribution in [1.82, 2.24) is 5.32 Å². The molecule has 0 heterocycles. The van der Waals surface area contributed by atoms with Gasteiger partial charge in [-0.05, 0) is 25.8 Å². The standard InChI is InChI=1S/C12H19N/c1-4-10(2)13-11(3)12-8-6-5-7-9-12/h5-11,13H,4H2,1-3H3/t10?,11-/m0/s1. The number of hydrogen-bond acceptors (Lipinski definition) is 1. The molecule has 0 aliphatic heterocycles. The van der Waals surface area contributed by atoms with Crippen LogP contribution in [0.5, 0.6) is 0 Å². The number of benzene rings is 1. The highest BCUT2D eigenvalue weighted by molar-refractivity contribution is 5.18. The largest absolute Gasteiger partial charge is 0.308 e. The molecule has 0 saturated carbocycles. The van der Waals surface area contributed by atoms with Crippen molar-refractivity contribution in [3.63, 3.8) is 0 Å². The molecule has 1 rings (SSSR count). The van der Waals surface area contributed by atoms with Crippen molar-refractivity contribution in [2.45, 2.75) is 39.3 Å². The van der Waals surface area contributed by atoms with Crippen molar-refractivity contribution in [3.05, 3.63) is 35.9 Å². The van der Waals surface area contributed by atoms with E-state index in [9.17, 15) is 0 Å². The molecule has 2 atom stereocenters. The zero-order valence-electron chi connectivity index (χ0n) is 8.75. The maximum absolute atomic E-state index is 3.55. The van der Waals surface area contributed by atoms with Gasteiger partial charge in [0.1, 0.15) is 0 Å². The Balaban J connectivity index is 2.53. The normalized spacial score (nSPS) is 15.3. The Morgan fingerprint density at radius 2 is 1.77 bits per heavy atom. The lowest BCUT2D eigenvalue weighted by atomic mass is 10.1. The summed E-state index contributed by atoms with van der Waals surface area (Å²) >= 11 is 0. The van der Waals surface area contributed by atoms with Gasteiger partial charge in [0.05, 0.1) is 0 Å². The fourth-order valence-electron chi connectivity index (χ4n) is 1.38. The average molecular weight is 177 g/mol. The van der Waals surface area contributed by atoms with Gasteiger partial charge in [-0.25, -0.2) is 0 Å². The molecule has 1 aromatic rings. The third-order valence-corrected chi connectivity index (χ3v) is 2.45. The average Bonchev–Trinajstić information content (AvgIpc) is 2.19. The highest BCUT2D eigenvalue weighted by Crippen LogP contribution is 2.12. The fourth-order valence-corrected chi connectivity index (χ4v) is 1.38. The molecule has 1 aromatic carbocycles. The summed E-state index contributed by atoms with van der Waals surface area (Å²) in [5.74, 6) is 0. The predicted molar refractivity (Wildman–Crippen MR) is 57.7 cm³/mol. The Labute approximate surface area is 81.2 Å². The summed E-state index contributed by atoms with van der Waals surface area (Å²) in [5, 5.41) is 3.55. The summed E-state index contributed by atoms with van der Waals surface area (Å²) in [4.78, 5) is 0. The zero-order chi connectivity index (χ0) is 9.68. The Morgan fingerprint density at radius 3 is 2.31 bits per heavy atom. The molecule has 72 valence electrons. The summed E-state index contributed by atoms with van der Waals surface area (Å²) < 4.78 is 0. The van der Waals surface area contributed by atoms with E-state index >= 15 is 0 Å². The molecule has 0 bridgehead atoms. The van der Waals surface area contributed by atoms with Gasteiger partial charge in [-0.1, -0.05) is 37.3 Å². The van der Waals surface area contributed by atoms with Gasteiger partial charge >= 0.3 is 0 Å². The summed E-state index contributed by atoms with van der Waals surface area (Å²) in [6.45, 7) is 6.64. The first-order valence-electron chi connectivity index (χ1n) is 5.05. The maximum Gasteiger partial charge on any atom is 0.0294 e. The van der Waals surface area contributed by atoms with Gasteiger partial charge in [-0.2, -0.15) is 0 Å². The van der Waals surface area contributed by atoms with E-state index in [1.807, 2.05) is 0 Å². The van der Waals surface area contributed by atoms with Gasteiger partial charge in [0.15, 0.2) is 0 Å². The highest BCUT2D eigenvalue weighted by atomic mass is 14.9. The minimum absolute atomic E-state index is 0.455. The lowest BCUT2D eigenvalue weighted by molar-refractivity contribution is 0.469. The lowest BCUT2D eigenvalue weighted by Crippen LogP contribution is -2.28. The molecular weight excluding hydrogens is 158 g/mol. The van der Waals surface area contributed by atoms with E-state index in [2.05, 4.69) is 56.4 Å². The number of rotatable bonds is 4. The monoisotopic (exact) mass is 177 g/mol. The van der Waals surface area contributed by atoms with Crippen molar-refractivity contribution in [2.75, 3.05) is 0 Å². The second kappa shape index (κ2) is 5.03. The van der Waals surface area contributed by atoms with Crippen LogP contribution in [0.25, 0.3) is 0 Å². The topological polar surface area (TPSA) is 12.0 Å². The number of nitrogens with one attached hydrogen (secondary N) is 1. The summed E-state index contributed by atoms with van der Waals surface area (Å²) in [7, 11) is 0. The van der Waals surface area contributed by atoms with Crippen molar-refractivity contribution >= 4 is 0 Å². The van der Waals surface area contributed by atoms with E-state index in [0.29, 0.717) is 12.1 Å². The van der Waals surface area contributed by atoms with Crippen molar-refractivity contribution in [1.29, 1.82) is 0 Å². The van der Waals surface area contributed by atoms with Crippen LogP contribution in [0.3, 0.4) is 0 Å². The first-order chi connectivity index (χ1) is 6.24. The summed E-state index contributed by atoms with van der Waals surface area (Å²) in [6.07, 6.45) is 1.18. The van der Waals surface area contributed by atoms with Gasteiger partial charge in [-0.3, -0.25) is 0 Å². The fraction of sp³-hybridized carbons (Fsp3) is 0.500. The van der Waals surface area contributed by atoms with Gasteiger partial charge in [0.2, 0.25) is 0 Å². The Kier molecular flexibility index (Phi) is 3.97. The van der Waals surface area contributed by atoms with Crippen molar-refractivity contribution in [3.8, 4) is 0 Å². The van der Waals surface area contributed by atoms with Gasteiger partial charge in [-0.15, -0.1) is 0 Å². The lowest BCUT2D eigenvalue weighted by Gasteiger charge is -2.18. The van der Waals surface area contributed by atoms with Crippen LogP contribution in [0.4, 0.5) is 0 Å². The van der Waals surface area contributed by atoms with E-state index in [4.69, 9.17) is 0 Å². The van der Waals surface area contributed by atoms with E-state index in [1.54, 1.807) is 0 Å². The quantitative estimate of drug-likeness (QED) is 0.745. The van der Waals surface area contributed by atoms with Gasteiger partial charge in [0.25, 0.3) is 0 Å². The SMILES string of the molecule is CCC(C)N[C@@H](C)c1ccccc1. The molecule has 0 radical (unpaired) electrons. The molecule has 0 fully saturated rings. The minimum atomic E-state index is 0.455. The van der Waals surface area contributed by atoms with Crippen LogP contribution >= 0.6 is 0 Å². The molecule has 0 aliphatic rings. The Morgan fingerprint density at radius 1 is 1.15 bits per heavy atom. The van der Waals surface area contributed by atoms with Crippen molar-refractivity contribution < 1.29 is 0 Å². The van der Waals surface area contributed by atoms with Crippen LogP contribution < -0.4 is 5.32 Å². The van der Waals surface area contributed by atoms with E-state index in [0.717, 1.165) is 0 Å². The molecule has 1 nitrogen and oxygen atoms in total. The second-order valence-electron chi connectivity index (χ2n) is 3.61. The van der Waals surface area contributed by atoms with Gasteiger partial charge < -0.3 is 5.32 Å². The van der Waals surface area contributed by atoms with Crippen LogP contribution in [0.1, 0.15) is 38.8 Å². The number of hydrogen-bond donors (Lipinski definition) is 1. The van der Waals surface area contributed by atoms with Crippen LogP contribution in [-0.2, 0) is 0 Å². The second-order valence-corrected chi connectivity index (χ2v) is 3.61. The Hall–Kier alpha value is -0.820. The minimum Gasteiger partial charge on any atom is -0.308 e. The molecular formula is C12H19N. The molecule has 1 unspecified atom stereocenters. The summed E-state index contributed by atoms with van der Waals surface area (Å²) in [6, 6.07) is 11.6. The smallest absolute Gasteiger partial charge is 0.0294 e. The first kappa shape index (κ1) is 10.3. The van der Waals surface area contributed by atoms with E-state index in [-0.39, 0.29) is 0 Å². The highest BCUT2D eigenvalue weighted by Gasteiger charge is 2.06. The molecule has 0 aromatic heterocycles. The van der Waals surface area contributed by atoms with Crippen molar-refractivity contribution in [2.24, 2.45) is 0 Å². The third-order valence-electron chi connectivity index (χ3n) is 2.45. The molecule has 0 aliphatic carbocycles. The third kappa shape index (κ3) is 3.19. The van der Waals surface area contributed by atoms with E-state index in [1.165, 1.54) is 12.0 Å². The van der Waals surface area contributed by atoms with E-state index < -0.39 is 0 Å². The first-order valence-corrected chi connectivity index (χ1v) is 5.05. The van der Waals surface area contributed by atoms with Crippen LogP contribution in [-0.4, -0.2) is 6.04 Å². The Bertz CT molecular complexity index is 230. The molecule has 0 saturated heterocycles. The molecule has 1 heteroatoms. The predicted octanol–water partition coefficient (Wildman–Crippen LogP) is 3.14. The maximum atomic E-state index is 3.55. The van der Waals surface area contributed by atoms with Gasteiger partial charge in [0, 0.05) is 12.1 Å². The molecule has 1 N–H and O–H groups in total.